The molecule has 0 saturated heterocycles. The van der Waals surface area contributed by atoms with Gasteiger partial charge in [0.15, 0.2) is 0 Å². The Morgan fingerprint density at radius 1 is 1.47 bits per heavy atom. The quantitative estimate of drug-likeness (QED) is 0.700. The Kier molecular flexibility index (Phi) is 6.55. The lowest BCUT2D eigenvalue weighted by molar-refractivity contribution is 0.222. The number of hydrogen-bond acceptors (Lipinski definition) is 3. The standard InChI is InChI=1S/C12H25N3/c1-6-8-14-12(4,10-13)9-11(3)15(5)7-2/h11,14H,6-9H2,1-5H3. The van der Waals surface area contributed by atoms with Crippen LogP contribution in [-0.2, 0) is 0 Å². The average molecular weight is 211 g/mol. The van der Waals surface area contributed by atoms with Crippen LogP contribution >= 0.6 is 0 Å². The Morgan fingerprint density at radius 2 is 2.07 bits per heavy atom. The normalized spacial score (nSPS) is 17.1. The molecule has 0 aliphatic carbocycles. The van der Waals surface area contributed by atoms with Crippen LogP contribution in [0.15, 0.2) is 0 Å². The second kappa shape index (κ2) is 6.81. The second-order valence-corrected chi connectivity index (χ2v) is 4.50. The van der Waals surface area contributed by atoms with Crippen molar-refractivity contribution in [3.8, 4) is 6.07 Å². The molecule has 3 heteroatoms. The maximum atomic E-state index is 9.18. The van der Waals surface area contributed by atoms with Crippen molar-refractivity contribution < 1.29 is 0 Å². The molecule has 0 aromatic heterocycles. The molecule has 0 aliphatic rings. The van der Waals surface area contributed by atoms with Gasteiger partial charge in [-0.25, -0.2) is 0 Å². The minimum Gasteiger partial charge on any atom is -0.304 e. The minimum absolute atomic E-state index is 0.390. The van der Waals surface area contributed by atoms with Gasteiger partial charge in [0.2, 0.25) is 0 Å². The minimum atomic E-state index is -0.390. The Morgan fingerprint density at radius 3 is 2.47 bits per heavy atom. The van der Waals surface area contributed by atoms with Gasteiger partial charge < -0.3 is 4.90 Å². The van der Waals surface area contributed by atoms with Crippen molar-refractivity contribution in [2.24, 2.45) is 0 Å². The van der Waals surface area contributed by atoms with E-state index in [0.29, 0.717) is 6.04 Å². The lowest BCUT2D eigenvalue weighted by Gasteiger charge is -2.31. The third-order valence-electron chi connectivity index (χ3n) is 2.97. The highest BCUT2D eigenvalue weighted by molar-refractivity contribution is 5.05. The van der Waals surface area contributed by atoms with Gasteiger partial charge in [0.05, 0.1) is 6.07 Å². The van der Waals surface area contributed by atoms with E-state index < -0.39 is 5.54 Å². The van der Waals surface area contributed by atoms with Crippen LogP contribution in [0.4, 0.5) is 0 Å². The molecule has 0 saturated carbocycles. The molecule has 0 aromatic rings. The molecule has 0 aromatic carbocycles. The van der Waals surface area contributed by atoms with Crippen molar-refractivity contribution in [2.45, 2.75) is 52.1 Å². The van der Waals surface area contributed by atoms with Crippen molar-refractivity contribution in [3.63, 3.8) is 0 Å². The molecule has 2 atom stereocenters. The Bertz CT molecular complexity index is 209. The summed E-state index contributed by atoms with van der Waals surface area (Å²) >= 11 is 0. The zero-order valence-electron chi connectivity index (χ0n) is 10.8. The van der Waals surface area contributed by atoms with Crippen LogP contribution in [-0.4, -0.2) is 36.6 Å². The molecular formula is C12H25N3. The van der Waals surface area contributed by atoms with Crippen molar-refractivity contribution >= 4 is 0 Å². The summed E-state index contributed by atoms with van der Waals surface area (Å²) in [6.45, 7) is 10.4. The lowest BCUT2D eigenvalue weighted by atomic mass is 9.94. The second-order valence-electron chi connectivity index (χ2n) is 4.50. The van der Waals surface area contributed by atoms with Gasteiger partial charge in [-0.2, -0.15) is 5.26 Å². The predicted octanol–water partition coefficient (Wildman–Crippen LogP) is 2.00. The Labute approximate surface area is 94.5 Å². The van der Waals surface area contributed by atoms with E-state index in [1.165, 1.54) is 0 Å². The van der Waals surface area contributed by atoms with E-state index in [-0.39, 0.29) is 0 Å². The molecule has 0 amide bonds. The third kappa shape index (κ3) is 5.15. The van der Waals surface area contributed by atoms with Crippen LogP contribution in [0, 0.1) is 11.3 Å². The molecule has 15 heavy (non-hydrogen) atoms. The van der Waals surface area contributed by atoms with Gasteiger partial charge in [-0.1, -0.05) is 13.8 Å². The predicted molar refractivity (Wildman–Crippen MR) is 64.7 cm³/mol. The van der Waals surface area contributed by atoms with E-state index in [2.05, 4.69) is 44.1 Å². The summed E-state index contributed by atoms with van der Waals surface area (Å²) in [5.41, 5.74) is -0.390. The SMILES string of the molecule is CCCNC(C)(C#N)CC(C)N(C)CC. The molecule has 88 valence electrons. The summed E-state index contributed by atoms with van der Waals surface area (Å²) in [7, 11) is 2.10. The molecule has 0 radical (unpaired) electrons. The van der Waals surface area contributed by atoms with Crippen LogP contribution < -0.4 is 5.32 Å². The van der Waals surface area contributed by atoms with E-state index in [1.807, 2.05) is 6.92 Å². The smallest absolute Gasteiger partial charge is 0.105 e. The summed E-state index contributed by atoms with van der Waals surface area (Å²) in [4.78, 5) is 2.27. The van der Waals surface area contributed by atoms with Crippen LogP contribution in [0.1, 0.15) is 40.5 Å². The fraction of sp³-hybridized carbons (Fsp3) is 0.917. The Balaban J connectivity index is 4.24. The topological polar surface area (TPSA) is 39.1 Å². The van der Waals surface area contributed by atoms with Crippen LogP contribution in [0.25, 0.3) is 0 Å². The summed E-state index contributed by atoms with van der Waals surface area (Å²) in [6.07, 6.45) is 1.93. The number of nitrogens with one attached hydrogen (secondary N) is 1. The van der Waals surface area contributed by atoms with Crippen LogP contribution in [0.3, 0.4) is 0 Å². The van der Waals surface area contributed by atoms with Gasteiger partial charge >= 0.3 is 0 Å². The van der Waals surface area contributed by atoms with Crippen LogP contribution in [0.5, 0.6) is 0 Å². The molecule has 0 heterocycles. The van der Waals surface area contributed by atoms with Gasteiger partial charge in [-0.15, -0.1) is 0 Å². The average Bonchev–Trinajstić information content (AvgIpc) is 2.25. The summed E-state index contributed by atoms with van der Waals surface area (Å²) in [5, 5.41) is 12.5. The van der Waals surface area contributed by atoms with E-state index in [4.69, 9.17) is 0 Å². The fourth-order valence-corrected chi connectivity index (χ4v) is 1.62. The monoisotopic (exact) mass is 211 g/mol. The van der Waals surface area contributed by atoms with Crippen molar-refractivity contribution in [3.05, 3.63) is 0 Å². The van der Waals surface area contributed by atoms with Crippen LogP contribution in [0.2, 0.25) is 0 Å². The first-order chi connectivity index (χ1) is 6.99. The number of nitrogens with zero attached hydrogens (tertiary/aromatic N) is 2. The maximum Gasteiger partial charge on any atom is 0.105 e. The van der Waals surface area contributed by atoms with Crippen molar-refractivity contribution in [1.82, 2.24) is 10.2 Å². The summed E-state index contributed by atoms with van der Waals surface area (Å²) in [6, 6.07) is 2.82. The molecule has 0 aliphatic heterocycles. The molecule has 1 N–H and O–H groups in total. The maximum absolute atomic E-state index is 9.18. The first-order valence-electron chi connectivity index (χ1n) is 5.85. The van der Waals surface area contributed by atoms with Gasteiger partial charge in [0.25, 0.3) is 0 Å². The fourth-order valence-electron chi connectivity index (χ4n) is 1.62. The highest BCUT2D eigenvalue weighted by Gasteiger charge is 2.26. The van der Waals surface area contributed by atoms with E-state index >= 15 is 0 Å². The molecule has 0 bridgehead atoms. The molecule has 2 unspecified atom stereocenters. The molecule has 3 nitrogen and oxygen atoms in total. The van der Waals surface area contributed by atoms with Gasteiger partial charge in [0, 0.05) is 6.04 Å². The summed E-state index contributed by atoms with van der Waals surface area (Å²) < 4.78 is 0. The number of nitriles is 1. The number of rotatable bonds is 7. The molecule has 0 rings (SSSR count). The third-order valence-corrected chi connectivity index (χ3v) is 2.97. The highest BCUT2D eigenvalue weighted by atomic mass is 15.1. The Hall–Kier alpha value is -0.590. The first kappa shape index (κ1) is 14.4. The molecular weight excluding hydrogens is 186 g/mol. The zero-order chi connectivity index (χ0) is 11.9. The van der Waals surface area contributed by atoms with Gasteiger partial charge in [-0.3, -0.25) is 5.32 Å². The zero-order valence-corrected chi connectivity index (χ0v) is 10.8. The first-order valence-corrected chi connectivity index (χ1v) is 5.85. The lowest BCUT2D eigenvalue weighted by Crippen LogP contribution is -2.46. The number of hydrogen-bond donors (Lipinski definition) is 1. The van der Waals surface area contributed by atoms with E-state index in [9.17, 15) is 5.26 Å². The van der Waals surface area contributed by atoms with Crippen molar-refractivity contribution in [1.29, 1.82) is 5.26 Å². The largest absolute Gasteiger partial charge is 0.304 e. The van der Waals surface area contributed by atoms with E-state index in [0.717, 1.165) is 25.9 Å². The van der Waals surface area contributed by atoms with E-state index in [1.54, 1.807) is 0 Å². The van der Waals surface area contributed by atoms with Crippen molar-refractivity contribution in [2.75, 3.05) is 20.1 Å². The molecule has 0 spiro atoms. The summed E-state index contributed by atoms with van der Waals surface area (Å²) in [5.74, 6) is 0. The molecule has 0 fully saturated rings. The highest BCUT2D eigenvalue weighted by Crippen LogP contribution is 2.14. The van der Waals surface area contributed by atoms with Gasteiger partial charge in [0.1, 0.15) is 5.54 Å². The van der Waals surface area contributed by atoms with Gasteiger partial charge in [-0.05, 0) is 46.8 Å².